The van der Waals surface area contributed by atoms with E-state index in [1.165, 1.54) is 11.3 Å². The zero-order valence-electron chi connectivity index (χ0n) is 8.50. The fraction of sp³-hybridized carbons (Fsp3) is 0.300. The average Bonchev–Trinajstić information content (AvgIpc) is 2.66. The van der Waals surface area contributed by atoms with Gasteiger partial charge < -0.3 is 21.7 Å². The Balaban J connectivity index is 2.51. The summed E-state index contributed by atoms with van der Waals surface area (Å²) in [6, 6.07) is 5.38. The molecule has 6 heteroatoms. The third kappa shape index (κ3) is 1.88. The van der Waals surface area contributed by atoms with E-state index < -0.39 is 12.2 Å². The fourth-order valence-electron chi connectivity index (χ4n) is 1.56. The fourth-order valence-corrected chi connectivity index (χ4v) is 2.33. The summed E-state index contributed by atoms with van der Waals surface area (Å²) in [5.41, 5.74) is 12.1. The molecule has 0 saturated heterocycles. The van der Waals surface area contributed by atoms with Crippen molar-refractivity contribution in [3.05, 3.63) is 23.8 Å². The van der Waals surface area contributed by atoms with E-state index in [1.807, 2.05) is 6.07 Å². The number of thiazole rings is 1. The Kier molecular flexibility index (Phi) is 3.06. The normalized spacial score (nSPS) is 15.2. The highest BCUT2D eigenvalue weighted by Gasteiger charge is 2.20. The summed E-state index contributed by atoms with van der Waals surface area (Å²) in [5.74, 6) is 0. The van der Waals surface area contributed by atoms with Gasteiger partial charge in [0.15, 0.2) is 5.13 Å². The molecule has 0 aliphatic carbocycles. The van der Waals surface area contributed by atoms with Gasteiger partial charge >= 0.3 is 0 Å². The number of aliphatic hydroxyl groups excluding tert-OH is 2. The van der Waals surface area contributed by atoms with Gasteiger partial charge in [-0.2, -0.15) is 0 Å². The zero-order valence-corrected chi connectivity index (χ0v) is 9.31. The predicted molar refractivity (Wildman–Crippen MR) is 64.1 cm³/mol. The number of aliphatic hydroxyl groups is 2. The van der Waals surface area contributed by atoms with Crippen LogP contribution in [0.4, 0.5) is 5.13 Å². The number of hydrogen-bond donors (Lipinski definition) is 4. The van der Waals surface area contributed by atoms with Gasteiger partial charge in [-0.05, 0) is 6.07 Å². The van der Waals surface area contributed by atoms with Gasteiger partial charge in [-0.3, -0.25) is 0 Å². The summed E-state index contributed by atoms with van der Waals surface area (Å²) < 4.78 is 0.887. The van der Waals surface area contributed by atoms with Crippen LogP contribution in [0.5, 0.6) is 0 Å². The molecular formula is C10H13N3O2S. The lowest BCUT2D eigenvalue weighted by atomic mass is 10.0. The van der Waals surface area contributed by atoms with Crippen LogP contribution >= 0.6 is 11.3 Å². The number of rotatable bonds is 3. The Bertz CT molecular complexity index is 500. The minimum absolute atomic E-state index is 0.00280. The van der Waals surface area contributed by atoms with Gasteiger partial charge in [-0.15, -0.1) is 0 Å². The largest absolute Gasteiger partial charge is 0.389 e. The van der Waals surface area contributed by atoms with Crippen LogP contribution in [0.15, 0.2) is 18.2 Å². The van der Waals surface area contributed by atoms with Gasteiger partial charge in [-0.1, -0.05) is 23.5 Å². The van der Waals surface area contributed by atoms with Crippen LogP contribution in [0.25, 0.3) is 10.2 Å². The Morgan fingerprint density at radius 2 is 2.12 bits per heavy atom. The van der Waals surface area contributed by atoms with Gasteiger partial charge in [0.1, 0.15) is 6.10 Å². The van der Waals surface area contributed by atoms with Crippen LogP contribution in [-0.4, -0.2) is 27.8 Å². The van der Waals surface area contributed by atoms with Crippen molar-refractivity contribution in [1.29, 1.82) is 0 Å². The Hall–Kier alpha value is -1.21. The van der Waals surface area contributed by atoms with Crippen molar-refractivity contribution in [2.45, 2.75) is 12.2 Å². The number of nitrogens with two attached hydrogens (primary N) is 2. The van der Waals surface area contributed by atoms with Gasteiger partial charge in [0.25, 0.3) is 0 Å². The van der Waals surface area contributed by atoms with Crippen molar-refractivity contribution >= 4 is 26.7 Å². The second kappa shape index (κ2) is 4.34. The average molecular weight is 239 g/mol. The predicted octanol–water partition coefficient (Wildman–Crippen LogP) is 0.232. The molecule has 0 bridgehead atoms. The highest BCUT2D eigenvalue weighted by atomic mass is 32.1. The molecule has 2 atom stereocenters. The number of aromatic nitrogens is 1. The minimum Gasteiger partial charge on any atom is -0.389 e. The van der Waals surface area contributed by atoms with Crippen LogP contribution in [0, 0.1) is 0 Å². The molecule has 0 fully saturated rings. The third-order valence-corrected chi connectivity index (χ3v) is 3.24. The van der Waals surface area contributed by atoms with Crippen molar-refractivity contribution < 1.29 is 10.2 Å². The van der Waals surface area contributed by atoms with Gasteiger partial charge in [0.05, 0.1) is 16.3 Å². The number of benzene rings is 1. The van der Waals surface area contributed by atoms with Gasteiger partial charge in [-0.25, -0.2) is 4.98 Å². The van der Waals surface area contributed by atoms with E-state index in [0.717, 1.165) is 4.70 Å². The molecule has 0 saturated carbocycles. The molecule has 0 radical (unpaired) electrons. The Morgan fingerprint density at radius 3 is 2.81 bits per heavy atom. The summed E-state index contributed by atoms with van der Waals surface area (Å²) in [4.78, 5) is 4.14. The van der Waals surface area contributed by atoms with E-state index in [2.05, 4.69) is 4.98 Å². The van der Waals surface area contributed by atoms with E-state index in [9.17, 15) is 10.2 Å². The molecule has 6 N–H and O–H groups in total. The van der Waals surface area contributed by atoms with E-state index in [1.54, 1.807) is 12.1 Å². The van der Waals surface area contributed by atoms with Crippen molar-refractivity contribution in [3.8, 4) is 0 Å². The third-order valence-electron chi connectivity index (χ3n) is 2.39. The van der Waals surface area contributed by atoms with Crippen molar-refractivity contribution in [1.82, 2.24) is 4.98 Å². The summed E-state index contributed by atoms with van der Waals surface area (Å²) in [7, 11) is 0. The van der Waals surface area contributed by atoms with Gasteiger partial charge in [0, 0.05) is 12.1 Å². The van der Waals surface area contributed by atoms with Crippen LogP contribution in [0.3, 0.4) is 0 Å². The first-order valence-corrected chi connectivity index (χ1v) is 5.66. The lowest BCUT2D eigenvalue weighted by Gasteiger charge is -2.16. The first-order valence-electron chi connectivity index (χ1n) is 4.84. The molecule has 0 aliphatic heterocycles. The number of fused-ring (bicyclic) bond motifs is 1. The molecule has 1 aromatic heterocycles. The molecule has 5 nitrogen and oxygen atoms in total. The topological polar surface area (TPSA) is 105 Å². The number of hydrogen-bond acceptors (Lipinski definition) is 6. The SMILES string of the molecule is NCC(O)C(O)c1cccc2sc(N)nc12. The lowest BCUT2D eigenvalue weighted by molar-refractivity contribution is 0.0251. The maximum absolute atomic E-state index is 9.89. The second-order valence-corrected chi connectivity index (χ2v) is 4.56. The van der Waals surface area contributed by atoms with Crippen LogP contribution in [-0.2, 0) is 0 Å². The summed E-state index contributed by atoms with van der Waals surface area (Å²) in [6.07, 6.45) is -2.02. The van der Waals surface area contributed by atoms with E-state index in [-0.39, 0.29) is 6.54 Å². The highest BCUT2D eigenvalue weighted by molar-refractivity contribution is 7.22. The van der Waals surface area contributed by atoms with Crippen molar-refractivity contribution in [3.63, 3.8) is 0 Å². The van der Waals surface area contributed by atoms with Crippen molar-refractivity contribution in [2.24, 2.45) is 5.73 Å². The molecule has 0 amide bonds. The molecular weight excluding hydrogens is 226 g/mol. The van der Waals surface area contributed by atoms with Crippen LogP contribution in [0.1, 0.15) is 11.7 Å². The number of para-hydroxylation sites is 1. The molecule has 0 spiro atoms. The summed E-state index contributed by atoms with van der Waals surface area (Å²) in [5, 5.41) is 19.8. The molecule has 2 rings (SSSR count). The summed E-state index contributed by atoms with van der Waals surface area (Å²) >= 11 is 1.35. The number of nitrogens with zero attached hydrogens (tertiary/aromatic N) is 1. The van der Waals surface area contributed by atoms with E-state index in [4.69, 9.17) is 11.5 Å². The minimum atomic E-state index is -1.03. The first-order chi connectivity index (χ1) is 7.63. The lowest BCUT2D eigenvalue weighted by Crippen LogP contribution is -2.27. The Labute approximate surface area is 96.3 Å². The standard InChI is InChI=1S/C10H13N3O2S/c11-4-6(14)9(15)5-2-1-3-7-8(5)13-10(12)16-7/h1-3,6,9,14-15H,4,11H2,(H2,12,13). The van der Waals surface area contributed by atoms with E-state index >= 15 is 0 Å². The smallest absolute Gasteiger partial charge is 0.181 e. The molecule has 1 heterocycles. The highest BCUT2D eigenvalue weighted by Crippen LogP contribution is 2.30. The quantitative estimate of drug-likeness (QED) is 0.613. The molecule has 2 unspecified atom stereocenters. The zero-order chi connectivity index (χ0) is 11.7. The van der Waals surface area contributed by atoms with E-state index in [0.29, 0.717) is 16.2 Å². The maximum atomic E-state index is 9.89. The molecule has 1 aromatic carbocycles. The molecule has 0 aliphatic rings. The number of nitrogen functional groups attached to an aromatic ring is 1. The van der Waals surface area contributed by atoms with Crippen molar-refractivity contribution in [2.75, 3.05) is 12.3 Å². The molecule has 2 aromatic rings. The monoisotopic (exact) mass is 239 g/mol. The van der Waals surface area contributed by atoms with Crippen LogP contribution in [0.2, 0.25) is 0 Å². The molecule has 16 heavy (non-hydrogen) atoms. The van der Waals surface area contributed by atoms with Gasteiger partial charge in [0.2, 0.25) is 0 Å². The second-order valence-electron chi connectivity index (χ2n) is 3.49. The number of anilines is 1. The first kappa shape index (κ1) is 11.3. The maximum Gasteiger partial charge on any atom is 0.181 e. The summed E-state index contributed by atoms with van der Waals surface area (Å²) in [6.45, 7) is -0.00280. The molecule has 86 valence electrons. The Morgan fingerprint density at radius 1 is 1.38 bits per heavy atom. The van der Waals surface area contributed by atoms with Crippen LogP contribution < -0.4 is 11.5 Å².